The molecule has 0 radical (unpaired) electrons. The maximum absolute atomic E-state index is 13.4. The topological polar surface area (TPSA) is 42.0 Å². The van der Waals surface area contributed by atoms with Gasteiger partial charge in [-0.25, -0.2) is 9.37 Å². The molecule has 1 aromatic heterocycles. The number of nitrogens with one attached hydrogen (secondary N) is 1. The van der Waals surface area contributed by atoms with Crippen LogP contribution in [0.3, 0.4) is 0 Å². The minimum Gasteiger partial charge on any atom is -0.355 e. The molecule has 21 heavy (non-hydrogen) atoms. The Morgan fingerprint density at radius 2 is 1.90 bits per heavy atom. The molecular weight excluding hydrogens is 267 g/mol. The third-order valence-corrected chi connectivity index (χ3v) is 3.31. The smallest absolute Gasteiger partial charge is 0.251 e. The zero-order chi connectivity index (χ0) is 14.8. The van der Waals surface area contributed by atoms with Crippen LogP contribution in [0.25, 0.3) is 22.2 Å². The van der Waals surface area contributed by atoms with E-state index in [4.69, 9.17) is 0 Å². The van der Waals surface area contributed by atoms with Crippen LogP contribution in [-0.4, -0.2) is 17.9 Å². The summed E-state index contributed by atoms with van der Waals surface area (Å²) < 4.78 is 13.4. The normalized spacial score (nSPS) is 10.6. The lowest BCUT2D eigenvalue weighted by Crippen LogP contribution is -2.18. The fourth-order valence-electron chi connectivity index (χ4n) is 2.29. The summed E-state index contributed by atoms with van der Waals surface area (Å²) in [5, 5.41) is 3.40. The first-order valence-electron chi connectivity index (χ1n) is 6.57. The lowest BCUT2D eigenvalue weighted by molar-refractivity contribution is 0.0964. The van der Waals surface area contributed by atoms with Crippen LogP contribution in [-0.2, 0) is 0 Å². The predicted molar refractivity (Wildman–Crippen MR) is 80.5 cm³/mol. The molecule has 1 heterocycles. The number of carbonyl (C=O) groups excluding carboxylic acids is 1. The molecule has 104 valence electrons. The molecular formula is C17H13FN2O. The van der Waals surface area contributed by atoms with Crippen molar-refractivity contribution in [2.24, 2.45) is 0 Å². The standard InChI is InChI=1S/C17H13FN2O/c1-19-17(21)14-10-16(11-5-4-6-12(18)9-11)20-15-8-3-2-7-13(14)15/h2-10H,1H3,(H,19,21). The molecule has 3 rings (SSSR count). The van der Waals surface area contributed by atoms with Gasteiger partial charge in [-0.3, -0.25) is 4.79 Å². The first-order valence-corrected chi connectivity index (χ1v) is 6.57. The molecule has 0 fully saturated rings. The molecule has 1 amide bonds. The van der Waals surface area contributed by atoms with Gasteiger partial charge < -0.3 is 5.32 Å². The van der Waals surface area contributed by atoms with Crippen LogP contribution >= 0.6 is 0 Å². The summed E-state index contributed by atoms with van der Waals surface area (Å²) >= 11 is 0. The van der Waals surface area contributed by atoms with E-state index in [2.05, 4.69) is 10.3 Å². The average molecular weight is 280 g/mol. The summed E-state index contributed by atoms with van der Waals surface area (Å²) in [5.74, 6) is -0.518. The third-order valence-electron chi connectivity index (χ3n) is 3.31. The Balaban J connectivity index is 2.27. The van der Waals surface area contributed by atoms with Gasteiger partial charge in [-0.05, 0) is 24.3 Å². The summed E-state index contributed by atoms with van der Waals surface area (Å²) in [6.45, 7) is 0. The van der Waals surface area contributed by atoms with Crippen molar-refractivity contribution >= 4 is 16.8 Å². The molecule has 0 atom stereocenters. The number of fused-ring (bicyclic) bond motifs is 1. The molecule has 0 unspecified atom stereocenters. The molecule has 0 spiro atoms. The van der Waals surface area contributed by atoms with E-state index in [0.717, 1.165) is 5.39 Å². The minimum atomic E-state index is -0.330. The maximum atomic E-state index is 13.4. The number of rotatable bonds is 2. The molecule has 1 N–H and O–H groups in total. The number of carbonyl (C=O) groups is 1. The van der Waals surface area contributed by atoms with Crippen molar-refractivity contribution in [1.29, 1.82) is 0 Å². The Kier molecular flexibility index (Phi) is 3.36. The van der Waals surface area contributed by atoms with E-state index < -0.39 is 0 Å². The molecule has 0 bridgehead atoms. The van der Waals surface area contributed by atoms with Gasteiger partial charge in [0, 0.05) is 18.0 Å². The van der Waals surface area contributed by atoms with Gasteiger partial charge >= 0.3 is 0 Å². The number of pyridine rings is 1. The van der Waals surface area contributed by atoms with Crippen molar-refractivity contribution in [2.75, 3.05) is 7.05 Å². The summed E-state index contributed by atoms with van der Waals surface area (Å²) in [6, 6.07) is 15.3. The highest BCUT2D eigenvalue weighted by molar-refractivity contribution is 6.07. The van der Waals surface area contributed by atoms with Crippen molar-refractivity contribution in [1.82, 2.24) is 10.3 Å². The lowest BCUT2D eigenvalue weighted by Gasteiger charge is -2.09. The van der Waals surface area contributed by atoms with Crippen LogP contribution in [0.15, 0.2) is 54.6 Å². The van der Waals surface area contributed by atoms with E-state index >= 15 is 0 Å². The zero-order valence-corrected chi connectivity index (χ0v) is 11.4. The predicted octanol–water partition coefficient (Wildman–Crippen LogP) is 3.40. The number of benzene rings is 2. The highest BCUT2D eigenvalue weighted by atomic mass is 19.1. The van der Waals surface area contributed by atoms with Gasteiger partial charge in [-0.15, -0.1) is 0 Å². The average Bonchev–Trinajstić information content (AvgIpc) is 2.53. The van der Waals surface area contributed by atoms with Crippen LogP contribution in [0, 0.1) is 5.82 Å². The Morgan fingerprint density at radius 3 is 2.67 bits per heavy atom. The van der Waals surface area contributed by atoms with Gasteiger partial charge in [-0.2, -0.15) is 0 Å². The monoisotopic (exact) mass is 280 g/mol. The Bertz CT molecular complexity index is 830. The van der Waals surface area contributed by atoms with Crippen LogP contribution in [0.5, 0.6) is 0 Å². The number of hydrogen-bond acceptors (Lipinski definition) is 2. The Hall–Kier alpha value is -2.75. The SMILES string of the molecule is CNC(=O)c1cc(-c2cccc(F)c2)nc2ccccc12. The van der Waals surface area contributed by atoms with Crippen LogP contribution < -0.4 is 5.32 Å². The second-order valence-electron chi connectivity index (χ2n) is 4.66. The lowest BCUT2D eigenvalue weighted by atomic mass is 10.0. The van der Waals surface area contributed by atoms with E-state index in [1.807, 2.05) is 24.3 Å². The summed E-state index contributed by atoms with van der Waals surface area (Å²) in [5.41, 5.74) is 2.46. The number of para-hydroxylation sites is 1. The molecule has 0 aliphatic carbocycles. The first kappa shape index (κ1) is 13.2. The van der Waals surface area contributed by atoms with Crippen molar-refractivity contribution in [3.05, 3.63) is 66.0 Å². The second-order valence-corrected chi connectivity index (χ2v) is 4.66. The fourth-order valence-corrected chi connectivity index (χ4v) is 2.29. The first-order chi connectivity index (χ1) is 10.2. The van der Waals surface area contributed by atoms with Gasteiger partial charge in [0.25, 0.3) is 5.91 Å². The molecule has 0 aliphatic heterocycles. The van der Waals surface area contributed by atoms with Crippen LogP contribution in [0.2, 0.25) is 0 Å². The molecule has 0 saturated carbocycles. The van der Waals surface area contributed by atoms with Crippen molar-refractivity contribution < 1.29 is 9.18 Å². The molecule has 4 heteroatoms. The highest BCUT2D eigenvalue weighted by Gasteiger charge is 2.12. The van der Waals surface area contributed by atoms with E-state index in [9.17, 15) is 9.18 Å². The summed E-state index contributed by atoms with van der Waals surface area (Å²) in [4.78, 5) is 16.6. The van der Waals surface area contributed by atoms with E-state index in [1.165, 1.54) is 12.1 Å². The van der Waals surface area contributed by atoms with Gasteiger partial charge in [0.2, 0.25) is 0 Å². The Labute approximate surface area is 121 Å². The van der Waals surface area contributed by atoms with Crippen LogP contribution in [0.1, 0.15) is 10.4 Å². The summed E-state index contributed by atoms with van der Waals surface area (Å²) in [6.07, 6.45) is 0. The zero-order valence-electron chi connectivity index (χ0n) is 11.4. The molecule has 0 aliphatic rings. The van der Waals surface area contributed by atoms with E-state index in [1.54, 1.807) is 25.2 Å². The minimum absolute atomic E-state index is 0.189. The second kappa shape index (κ2) is 5.32. The molecule has 0 saturated heterocycles. The third kappa shape index (κ3) is 2.48. The van der Waals surface area contributed by atoms with E-state index in [0.29, 0.717) is 22.3 Å². The van der Waals surface area contributed by atoms with Crippen molar-refractivity contribution in [2.45, 2.75) is 0 Å². The van der Waals surface area contributed by atoms with Crippen molar-refractivity contribution in [3.63, 3.8) is 0 Å². The van der Waals surface area contributed by atoms with Gasteiger partial charge in [0.05, 0.1) is 16.8 Å². The number of amides is 1. The number of halogens is 1. The molecule has 2 aromatic carbocycles. The van der Waals surface area contributed by atoms with Gasteiger partial charge in [0.1, 0.15) is 5.82 Å². The number of nitrogens with zero attached hydrogens (tertiary/aromatic N) is 1. The van der Waals surface area contributed by atoms with Crippen LogP contribution in [0.4, 0.5) is 4.39 Å². The van der Waals surface area contributed by atoms with Gasteiger partial charge in [-0.1, -0.05) is 30.3 Å². The van der Waals surface area contributed by atoms with Crippen molar-refractivity contribution in [3.8, 4) is 11.3 Å². The van der Waals surface area contributed by atoms with E-state index in [-0.39, 0.29) is 11.7 Å². The number of aromatic nitrogens is 1. The maximum Gasteiger partial charge on any atom is 0.251 e. The number of hydrogen-bond donors (Lipinski definition) is 1. The quantitative estimate of drug-likeness (QED) is 0.781. The van der Waals surface area contributed by atoms with Gasteiger partial charge in [0.15, 0.2) is 0 Å². The highest BCUT2D eigenvalue weighted by Crippen LogP contribution is 2.25. The Morgan fingerprint density at radius 1 is 1.10 bits per heavy atom. The molecule has 3 nitrogen and oxygen atoms in total. The largest absolute Gasteiger partial charge is 0.355 e. The summed E-state index contributed by atoms with van der Waals surface area (Å²) in [7, 11) is 1.58. The fraction of sp³-hybridized carbons (Fsp3) is 0.0588. The molecule has 3 aromatic rings.